The number of aryl methyl sites for hydroxylation is 1. The summed E-state index contributed by atoms with van der Waals surface area (Å²) in [6, 6.07) is 13.4. The van der Waals surface area contributed by atoms with Gasteiger partial charge in [-0.1, -0.05) is 18.2 Å². The van der Waals surface area contributed by atoms with Gasteiger partial charge in [-0.05, 0) is 49.9 Å². The lowest BCUT2D eigenvalue weighted by Crippen LogP contribution is -2.41. The fraction of sp³-hybridized carbons (Fsp3) is 0.300. The van der Waals surface area contributed by atoms with Crippen LogP contribution >= 0.6 is 12.4 Å². The van der Waals surface area contributed by atoms with Crippen molar-refractivity contribution in [2.45, 2.75) is 25.8 Å². The van der Waals surface area contributed by atoms with Gasteiger partial charge in [0.1, 0.15) is 11.5 Å². The molecule has 1 aliphatic carbocycles. The van der Waals surface area contributed by atoms with Gasteiger partial charge in [0.2, 0.25) is 0 Å². The molecule has 1 unspecified atom stereocenters. The molecule has 1 amide bonds. The smallest absolute Gasteiger partial charge is 0.255 e. The molecule has 0 aliphatic heterocycles. The summed E-state index contributed by atoms with van der Waals surface area (Å²) in [5.74, 6) is 1.68. The molecule has 0 radical (unpaired) electrons. The van der Waals surface area contributed by atoms with E-state index < -0.39 is 0 Å². The van der Waals surface area contributed by atoms with Crippen LogP contribution in [0.4, 0.5) is 0 Å². The van der Waals surface area contributed by atoms with Crippen molar-refractivity contribution >= 4 is 18.3 Å². The molecule has 2 aromatic heterocycles. The first kappa shape index (κ1) is 19.2. The lowest BCUT2D eigenvalue weighted by molar-refractivity contribution is 0.0934. The molecule has 3 aromatic rings. The van der Waals surface area contributed by atoms with Gasteiger partial charge in [-0.25, -0.2) is 4.68 Å². The summed E-state index contributed by atoms with van der Waals surface area (Å²) in [6.07, 6.45) is 3.99. The zero-order valence-electron chi connectivity index (χ0n) is 15.1. The molecule has 1 aromatic carbocycles. The Hall–Kier alpha value is -2.57. The minimum atomic E-state index is -0.168. The van der Waals surface area contributed by atoms with Crippen molar-refractivity contribution in [1.82, 2.24) is 15.1 Å². The Balaban J connectivity index is 0.00000210. The average Bonchev–Trinajstić information content (AvgIpc) is 3.25. The van der Waals surface area contributed by atoms with Gasteiger partial charge in [-0.2, -0.15) is 5.10 Å². The Morgan fingerprint density at radius 2 is 2.04 bits per heavy atom. The van der Waals surface area contributed by atoms with Crippen LogP contribution in [-0.4, -0.2) is 28.3 Å². The summed E-state index contributed by atoms with van der Waals surface area (Å²) >= 11 is 0. The van der Waals surface area contributed by atoms with Gasteiger partial charge in [0.15, 0.2) is 5.76 Å². The number of hydrogen-bond donors (Lipinski definition) is 2. The highest BCUT2D eigenvalue weighted by molar-refractivity contribution is 5.99. The number of hydrogen-bond acceptors (Lipinski definition) is 4. The van der Waals surface area contributed by atoms with E-state index in [0.717, 1.165) is 24.3 Å². The lowest BCUT2D eigenvalue weighted by atomic mass is 10.1. The highest BCUT2D eigenvalue weighted by atomic mass is 35.5. The standard InChI is InChI=1S/C20H22N4O2.ClH/c1-13-7-10-18(26-13)19-16(20(25)22-17(11-21)14-8-9-14)12-24(23-19)15-5-3-2-4-6-15;/h2-7,10,12,14,17H,8-9,11,21H2,1H3,(H,22,25);1H. The Labute approximate surface area is 164 Å². The molecule has 3 N–H and O–H groups in total. The first-order valence-electron chi connectivity index (χ1n) is 8.88. The molecule has 1 fully saturated rings. The van der Waals surface area contributed by atoms with Crippen LogP contribution in [-0.2, 0) is 0 Å². The average molecular weight is 387 g/mol. The summed E-state index contributed by atoms with van der Waals surface area (Å²) < 4.78 is 7.43. The number of carbonyl (C=O) groups is 1. The quantitative estimate of drug-likeness (QED) is 0.680. The molecule has 4 rings (SSSR count). The van der Waals surface area contributed by atoms with Crippen LogP contribution in [0.25, 0.3) is 17.1 Å². The van der Waals surface area contributed by atoms with Gasteiger partial charge in [0.25, 0.3) is 5.91 Å². The molecule has 0 spiro atoms. The van der Waals surface area contributed by atoms with Crippen molar-refractivity contribution in [3.63, 3.8) is 0 Å². The number of nitrogens with zero attached hydrogens (tertiary/aromatic N) is 2. The third kappa shape index (κ3) is 4.07. The maximum Gasteiger partial charge on any atom is 0.255 e. The molecule has 0 saturated heterocycles. The van der Waals surface area contributed by atoms with E-state index in [2.05, 4.69) is 10.4 Å². The maximum atomic E-state index is 12.9. The van der Waals surface area contributed by atoms with Crippen LogP contribution in [0.1, 0.15) is 29.0 Å². The van der Waals surface area contributed by atoms with Crippen LogP contribution in [0, 0.1) is 12.8 Å². The van der Waals surface area contributed by atoms with Gasteiger partial charge < -0.3 is 15.5 Å². The molecular formula is C20H23ClN4O2. The van der Waals surface area contributed by atoms with E-state index in [-0.39, 0.29) is 24.4 Å². The van der Waals surface area contributed by atoms with E-state index in [1.54, 1.807) is 10.9 Å². The van der Waals surface area contributed by atoms with Crippen molar-refractivity contribution in [2.75, 3.05) is 6.54 Å². The van der Waals surface area contributed by atoms with Crippen molar-refractivity contribution in [3.05, 3.63) is 60.0 Å². The minimum absolute atomic E-state index is 0. The zero-order valence-corrected chi connectivity index (χ0v) is 15.9. The second kappa shape index (κ2) is 7.98. The molecule has 1 aliphatic rings. The van der Waals surface area contributed by atoms with E-state index in [9.17, 15) is 4.79 Å². The van der Waals surface area contributed by atoms with E-state index >= 15 is 0 Å². The molecule has 1 atom stereocenters. The summed E-state index contributed by atoms with van der Waals surface area (Å²) in [7, 11) is 0. The molecule has 1 saturated carbocycles. The summed E-state index contributed by atoms with van der Waals surface area (Å²) in [4.78, 5) is 12.9. The highest BCUT2D eigenvalue weighted by Crippen LogP contribution is 2.33. The highest BCUT2D eigenvalue weighted by Gasteiger charge is 2.32. The van der Waals surface area contributed by atoms with Crippen LogP contribution < -0.4 is 11.1 Å². The first-order chi connectivity index (χ1) is 12.7. The number of nitrogens with one attached hydrogen (secondary N) is 1. The molecule has 6 nitrogen and oxygen atoms in total. The number of amides is 1. The fourth-order valence-corrected chi connectivity index (χ4v) is 3.11. The molecule has 7 heteroatoms. The molecule has 2 heterocycles. The van der Waals surface area contributed by atoms with Crippen molar-refractivity contribution in [3.8, 4) is 17.1 Å². The monoisotopic (exact) mass is 386 g/mol. The number of halogens is 1. The second-order valence-corrected chi connectivity index (χ2v) is 6.73. The number of aromatic nitrogens is 2. The maximum absolute atomic E-state index is 12.9. The second-order valence-electron chi connectivity index (χ2n) is 6.73. The number of para-hydroxylation sites is 1. The number of rotatable bonds is 6. The van der Waals surface area contributed by atoms with Crippen LogP contribution in [0.15, 0.2) is 53.1 Å². The summed E-state index contributed by atoms with van der Waals surface area (Å²) in [6.45, 7) is 2.31. The summed E-state index contributed by atoms with van der Waals surface area (Å²) in [5, 5.41) is 7.68. The van der Waals surface area contributed by atoms with Crippen molar-refractivity contribution in [1.29, 1.82) is 0 Å². The number of nitrogens with two attached hydrogens (primary N) is 1. The minimum Gasteiger partial charge on any atom is -0.460 e. The topological polar surface area (TPSA) is 86.1 Å². The normalized spacial score (nSPS) is 14.4. The van der Waals surface area contributed by atoms with Gasteiger partial charge in [-0.3, -0.25) is 4.79 Å². The van der Waals surface area contributed by atoms with Crippen LogP contribution in [0.5, 0.6) is 0 Å². The number of carbonyl (C=O) groups excluding carboxylic acids is 1. The van der Waals surface area contributed by atoms with Crippen molar-refractivity contribution < 1.29 is 9.21 Å². The van der Waals surface area contributed by atoms with Gasteiger partial charge in [0, 0.05) is 18.8 Å². The Bertz CT molecular complexity index is 915. The first-order valence-corrected chi connectivity index (χ1v) is 8.88. The summed E-state index contributed by atoms with van der Waals surface area (Å²) in [5.41, 5.74) is 7.74. The van der Waals surface area contributed by atoms with E-state index in [1.165, 1.54) is 0 Å². The van der Waals surface area contributed by atoms with E-state index in [4.69, 9.17) is 10.2 Å². The Morgan fingerprint density at radius 3 is 2.63 bits per heavy atom. The molecule has 0 bridgehead atoms. The Morgan fingerprint density at radius 1 is 1.30 bits per heavy atom. The predicted molar refractivity (Wildman–Crippen MR) is 106 cm³/mol. The third-order valence-corrected chi connectivity index (χ3v) is 4.71. The van der Waals surface area contributed by atoms with E-state index in [0.29, 0.717) is 29.5 Å². The van der Waals surface area contributed by atoms with E-state index in [1.807, 2.05) is 49.4 Å². The van der Waals surface area contributed by atoms with Crippen LogP contribution in [0.3, 0.4) is 0 Å². The Kier molecular flexibility index (Phi) is 5.68. The molecule has 27 heavy (non-hydrogen) atoms. The van der Waals surface area contributed by atoms with Gasteiger partial charge >= 0.3 is 0 Å². The third-order valence-electron chi connectivity index (χ3n) is 4.71. The number of furan rings is 1. The van der Waals surface area contributed by atoms with Crippen LogP contribution in [0.2, 0.25) is 0 Å². The van der Waals surface area contributed by atoms with Gasteiger partial charge in [0.05, 0.1) is 11.3 Å². The molecular weight excluding hydrogens is 364 g/mol. The van der Waals surface area contributed by atoms with Crippen molar-refractivity contribution in [2.24, 2.45) is 11.7 Å². The predicted octanol–water partition coefficient (Wildman–Crippen LogP) is 3.33. The zero-order chi connectivity index (χ0) is 18.1. The molecule has 142 valence electrons. The SMILES string of the molecule is Cc1ccc(-c2nn(-c3ccccc3)cc2C(=O)NC(CN)C2CC2)o1.Cl. The lowest BCUT2D eigenvalue weighted by Gasteiger charge is -2.15. The van der Waals surface area contributed by atoms with Gasteiger partial charge in [-0.15, -0.1) is 12.4 Å². The largest absolute Gasteiger partial charge is 0.460 e. The number of benzene rings is 1. The fourth-order valence-electron chi connectivity index (χ4n) is 3.11.